The van der Waals surface area contributed by atoms with Crippen LogP contribution in [0.5, 0.6) is 11.5 Å². The fraction of sp³-hybridized carbons (Fsp3) is 0.0588. The van der Waals surface area contributed by atoms with Gasteiger partial charge in [0, 0.05) is 5.69 Å². The predicted molar refractivity (Wildman–Crippen MR) is 85.2 cm³/mol. The van der Waals surface area contributed by atoms with Crippen molar-refractivity contribution in [2.45, 2.75) is 0 Å². The summed E-state index contributed by atoms with van der Waals surface area (Å²) >= 11 is 0. The average Bonchev–Trinajstić information content (AvgIpc) is 2.53. The second-order valence-corrected chi connectivity index (χ2v) is 4.82. The molecule has 0 bridgehead atoms. The molecule has 0 amide bonds. The highest BCUT2D eigenvalue weighted by atomic mass is 16.5. The molecule has 2 aromatic rings. The van der Waals surface area contributed by atoms with E-state index in [0.29, 0.717) is 22.6 Å². The minimum absolute atomic E-state index is 0.0193. The third-order valence-electron chi connectivity index (χ3n) is 3.43. The van der Waals surface area contributed by atoms with Crippen LogP contribution in [0.15, 0.2) is 53.5 Å². The van der Waals surface area contributed by atoms with Crippen molar-refractivity contribution in [1.82, 2.24) is 0 Å². The zero-order valence-electron chi connectivity index (χ0n) is 11.9. The van der Waals surface area contributed by atoms with E-state index < -0.39 is 0 Å². The number of phenols is 1. The lowest BCUT2D eigenvalue weighted by molar-refractivity contribution is 0.104. The topological polar surface area (TPSA) is 84.9 Å². The third-order valence-corrected chi connectivity index (χ3v) is 3.43. The predicted octanol–water partition coefficient (Wildman–Crippen LogP) is 2.86. The van der Waals surface area contributed by atoms with E-state index in [2.05, 4.69) is 4.99 Å². The van der Waals surface area contributed by atoms with Crippen LogP contribution in [0.3, 0.4) is 0 Å². The largest absolute Gasteiger partial charge is 0.507 e. The fourth-order valence-electron chi connectivity index (χ4n) is 2.34. The first-order chi connectivity index (χ1) is 10.6. The second-order valence-electron chi connectivity index (χ2n) is 4.82. The van der Waals surface area contributed by atoms with Crippen LogP contribution < -0.4 is 10.5 Å². The zero-order valence-corrected chi connectivity index (χ0v) is 11.9. The van der Waals surface area contributed by atoms with Gasteiger partial charge < -0.3 is 15.6 Å². The number of fused-ring (bicyclic) bond motifs is 1. The maximum atomic E-state index is 12.0. The number of hydrogen-bond donors (Lipinski definition) is 2. The van der Waals surface area contributed by atoms with Crippen LogP contribution in [0.25, 0.3) is 0 Å². The number of aromatic hydroxyl groups is 1. The Hall–Kier alpha value is -3.08. The maximum Gasteiger partial charge on any atom is 0.188 e. The minimum atomic E-state index is -0.239. The molecule has 0 fully saturated rings. The van der Waals surface area contributed by atoms with E-state index >= 15 is 0 Å². The zero-order chi connectivity index (χ0) is 15.7. The van der Waals surface area contributed by atoms with Gasteiger partial charge in [0.05, 0.1) is 29.6 Å². The number of nitrogens with zero attached hydrogens (tertiary/aromatic N) is 1. The monoisotopic (exact) mass is 294 g/mol. The summed E-state index contributed by atoms with van der Waals surface area (Å²) in [5, 5.41) is 10.1. The Morgan fingerprint density at radius 3 is 2.45 bits per heavy atom. The van der Waals surface area contributed by atoms with E-state index in [1.807, 2.05) is 0 Å². The van der Waals surface area contributed by atoms with Crippen molar-refractivity contribution in [3.05, 3.63) is 59.7 Å². The number of carbonyl (C=O) groups excluding carboxylic acids is 1. The lowest BCUT2D eigenvalue weighted by Gasteiger charge is -2.15. The molecule has 0 aliphatic heterocycles. The number of phenolic OH excluding ortho intramolecular Hbond substituents is 1. The first kappa shape index (κ1) is 13.9. The minimum Gasteiger partial charge on any atom is -0.507 e. The van der Waals surface area contributed by atoms with Crippen LogP contribution in [0.4, 0.5) is 11.4 Å². The second kappa shape index (κ2) is 5.37. The van der Waals surface area contributed by atoms with Gasteiger partial charge in [-0.15, -0.1) is 0 Å². The van der Waals surface area contributed by atoms with Crippen LogP contribution in [0.2, 0.25) is 0 Å². The molecular weight excluding hydrogens is 280 g/mol. The number of ether oxygens (including phenoxy) is 1. The average molecular weight is 294 g/mol. The third kappa shape index (κ3) is 2.33. The molecular formula is C17H14N2O3. The van der Waals surface area contributed by atoms with Gasteiger partial charge in [-0.3, -0.25) is 4.79 Å². The van der Waals surface area contributed by atoms with Crippen molar-refractivity contribution in [2.24, 2.45) is 4.99 Å². The number of aliphatic imine (C=N–C) groups is 1. The van der Waals surface area contributed by atoms with E-state index in [0.717, 1.165) is 5.75 Å². The summed E-state index contributed by atoms with van der Waals surface area (Å²) in [5.41, 5.74) is 8.00. The Morgan fingerprint density at radius 2 is 1.77 bits per heavy atom. The number of anilines is 1. The lowest BCUT2D eigenvalue weighted by atomic mass is 9.92. The van der Waals surface area contributed by atoms with Gasteiger partial charge in [-0.05, 0) is 48.6 Å². The van der Waals surface area contributed by atoms with E-state index in [4.69, 9.17) is 10.5 Å². The molecule has 5 nitrogen and oxygen atoms in total. The molecule has 0 spiro atoms. The number of carbonyl (C=O) groups is 1. The van der Waals surface area contributed by atoms with Crippen LogP contribution in [0.1, 0.15) is 15.9 Å². The van der Waals surface area contributed by atoms with E-state index in [-0.39, 0.29) is 17.1 Å². The summed E-state index contributed by atoms with van der Waals surface area (Å²) in [5.74, 6) is 0.469. The summed E-state index contributed by atoms with van der Waals surface area (Å²) in [4.78, 5) is 16.5. The highest BCUT2D eigenvalue weighted by Gasteiger charge is 2.23. The SMILES string of the molecule is COc1ccc(N=C2C=CC(=O)c3c(N)ccc(O)c32)cc1. The van der Waals surface area contributed by atoms with Crippen LogP contribution in [-0.4, -0.2) is 23.7 Å². The number of benzene rings is 2. The molecule has 0 unspecified atom stereocenters. The Labute approximate surface area is 127 Å². The van der Waals surface area contributed by atoms with Gasteiger partial charge in [0.1, 0.15) is 11.5 Å². The van der Waals surface area contributed by atoms with Crippen LogP contribution in [-0.2, 0) is 0 Å². The molecule has 110 valence electrons. The summed E-state index contributed by atoms with van der Waals surface area (Å²) in [6.07, 6.45) is 2.98. The van der Waals surface area contributed by atoms with Gasteiger partial charge in [0.15, 0.2) is 5.78 Å². The molecule has 3 N–H and O–H groups in total. The number of nitrogen functional groups attached to an aromatic ring is 1. The van der Waals surface area contributed by atoms with Crippen LogP contribution in [0, 0.1) is 0 Å². The van der Waals surface area contributed by atoms with Crippen molar-refractivity contribution >= 4 is 22.9 Å². The lowest BCUT2D eigenvalue weighted by Crippen LogP contribution is -2.15. The molecule has 22 heavy (non-hydrogen) atoms. The fourth-order valence-corrected chi connectivity index (χ4v) is 2.34. The van der Waals surface area contributed by atoms with Crippen molar-refractivity contribution in [2.75, 3.05) is 12.8 Å². The quantitative estimate of drug-likeness (QED) is 0.659. The summed E-state index contributed by atoms with van der Waals surface area (Å²) in [6.45, 7) is 0. The first-order valence-corrected chi connectivity index (χ1v) is 6.67. The van der Waals surface area contributed by atoms with Gasteiger partial charge in [0.2, 0.25) is 0 Å². The molecule has 2 aromatic carbocycles. The van der Waals surface area contributed by atoms with Crippen molar-refractivity contribution in [1.29, 1.82) is 0 Å². The Kier molecular flexibility index (Phi) is 3.39. The number of hydrogen-bond acceptors (Lipinski definition) is 5. The first-order valence-electron chi connectivity index (χ1n) is 6.67. The smallest absolute Gasteiger partial charge is 0.188 e. The molecule has 0 heterocycles. The number of ketones is 1. The molecule has 1 aliphatic rings. The number of allylic oxidation sites excluding steroid dienone is 2. The van der Waals surface area contributed by atoms with Gasteiger partial charge in [-0.1, -0.05) is 0 Å². The normalized spacial score (nSPS) is 15.0. The number of nitrogens with two attached hydrogens (primary N) is 1. The molecule has 0 saturated carbocycles. The van der Waals surface area contributed by atoms with Gasteiger partial charge in [0.25, 0.3) is 0 Å². The molecule has 0 aromatic heterocycles. The molecule has 0 atom stereocenters. The molecule has 5 heteroatoms. The number of rotatable bonds is 2. The van der Waals surface area contributed by atoms with Gasteiger partial charge >= 0.3 is 0 Å². The van der Waals surface area contributed by atoms with E-state index in [1.54, 1.807) is 37.5 Å². The molecule has 1 aliphatic carbocycles. The summed E-state index contributed by atoms with van der Waals surface area (Å²) in [7, 11) is 1.59. The highest BCUT2D eigenvalue weighted by molar-refractivity contribution is 6.27. The Bertz CT molecular complexity index is 805. The Morgan fingerprint density at radius 1 is 1.05 bits per heavy atom. The molecule has 0 saturated heterocycles. The number of methoxy groups -OCH3 is 1. The van der Waals surface area contributed by atoms with Crippen molar-refractivity contribution in [3.63, 3.8) is 0 Å². The summed E-state index contributed by atoms with van der Waals surface area (Å²) < 4.78 is 5.10. The van der Waals surface area contributed by atoms with Crippen molar-refractivity contribution in [3.8, 4) is 11.5 Å². The van der Waals surface area contributed by atoms with Crippen molar-refractivity contribution < 1.29 is 14.6 Å². The standard InChI is InChI=1S/C17H14N2O3/c1-22-11-4-2-10(3-5-11)19-13-7-9-14(20)16-12(18)6-8-15(21)17(13)16/h2-9,21H,18H2,1H3. The highest BCUT2D eigenvalue weighted by Crippen LogP contribution is 2.32. The van der Waals surface area contributed by atoms with Crippen LogP contribution >= 0.6 is 0 Å². The Balaban J connectivity index is 2.13. The van der Waals surface area contributed by atoms with E-state index in [9.17, 15) is 9.90 Å². The maximum absolute atomic E-state index is 12.0. The van der Waals surface area contributed by atoms with Gasteiger partial charge in [-0.25, -0.2) is 4.99 Å². The molecule has 0 radical (unpaired) electrons. The summed E-state index contributed by atoms with van der Waals surface area (Å²) in [6, 6.07) is 10.1. The van der Waals surface area contributed by atoms with E-state index in [1.165, 1.54) is 18.2 Å². The van der Waals surface area contributed by atoms with Gasteiger partial charge in [-0.2, -0.15) is 0 Å². The molecule has 3 rings (SSSR count).